The Morgan fingerprint density at radius 2 is 1.58 bits per heavy atom. The first-order valence-electron chi connectivity index (χ1n) is 13.5. The summed E-state index contributed by atoms with van der Waals surface area (Å²) in [6.45, 7) is 7.88. The van der Waals surface area contributed by atoms with Crippen LogP contribution in [0.5, 0.6) is 0 Å². The van der Waals surface area contributed by atoms with E-state index in [-0.39, 0.29) is 17.2 Å². The van der Waals surface area contributed by atoms with Gasteiger partial charge in [0.2, 0.25) is 0 Å². The van der Waals surface area contributed by atoms with E-state index < -0.39 is 0 Å². The molecule has 2 aliphatic rings. The van der Waals surface area contributed by atoms with E-state index in [9.17, 15) is 9.59 Å². The van der Waals surface area contributed by atoms with Crippen LogP contribution in [0.3, 0.4) is 0 Å². The van der Waals surface area contributed by atoms with E-state index in [4.69, 9.17) is 0 Å². The fourth-order valence-corrected chi connectivity index (χ4v) is 6.46. The molecule has 6 rings (SSSR count). The summed E-state index contributed by atoms with van der Waals surface area (Å²) >= 11 is 0. The smallest absolute Gasteiger partial charge is 0.270 e. The van der Waals surface area contributed by atoms with Gasteiger partial charge in [-0.25, -0.2) is 0 Å². The minimum Gasteiger partial charge on any atom is -0.344 e. The van der Waals surface area contributed by atoms with Crippen molar-refractivity contribution in [3.05, 3.63) is 89.1 Å². The van der Waals surface area contributed by atoms with Crippen molar-refractivity contribution in [1.82, 2.24) is 23.9 Å². The van der Waals surface area contributed by atoms with Gasteiger partial charge in [-0.15, -0.1) is 0 Å². The number of piperidine rings is 1. The van der Waals surface area contributed by atoms with E-state index in [2.05, 4.69) is 28.6 Å². The zero-order valence-electron chi connectivity index (χ0n) is 22.5. The number of amides is 2. The van der Waals surface area contributed by atoms with Gasteiger partial charge in [0.15, 0.2) is 0 Å². The summed E-state index contributed by atoms with van der Waals surface area (Å²) in [6.07, 6.45) is 6.49. The predicted molar refractivity (Wildman–Crippen MR) is 148 cm³/mol. The molecule has 2 fully saturated rings. The van der Waals surface area contributed by atoms with Gasteiger partial charge in [0.1, 0.15) is 5.69 Å². The molecule has 0 bridgehead atoms. The molecule has 2 saturated heterocycles. The summed E-state index contributed by atoms with van der Waals surface area (Å²) < 4.78 is 4.22. The average Bonchev–Trinajstić information content (AvgIpc) is 3.59. The third kappa shape index (κ3) is 4.20. The van der Waals surface area contributed by atoms with E-state index in [1.54, 1.807) is 12.4 Å². The number of aromatic nitrogens is 3. The number of hydrogen-bond donors (Lipinski definition) is 0. The van der Waals surface area contributed by atoms with Crippen molar-refractivity contribution >= 4 is 22.7 Å². The third-order valence-corrected chi connectivity index (χ3v) is 8.90. The molecule has 0 atom stereocenters. The van der Waals surface area contributed by atoms with Gasteiger partial charge in [-0.2, -0.15) is 0 Å². The summed E-state index contributed by atoms with van der Waals surface area (Å²) in [4.78, 5) is 35.2. The Kier molecular flexibility index (Phi) is 6.09. The summed E-state index contributed by atoms with van der Waals surface area (Å²) in [7, 11) is 1.97. The average molecular weight is 510 g/mol. The Labute approximate surface area is 223 Å². The molecular weight excluding hydrogens is 474 g/mol. The number of benzene rings is 1. The van der Waals surface area contributed by atoms with Crippen molar-refractivity contribution < 1.29 is 9.59 Å². The fourth-order valence-electron chi connectivity index (χ4n) is 6.46. The Hall–Kier alpha value is -3.87. The third-order valence-electron chi connectivity index (χ3n) is 8.90. The lowest BCUT2D eigenvalue weighted by Gasteiger charge is -2.39. The maximum absolute atomic E-state index is 13.6. The van der Waals surface area contributed by atoms with Crippen LogP contribution in [-0.2, 0) is 13.6 Å². The van der Waals surface area contributed by atoms with Gasteiger partial charge in [-0.05, 0) is 74.4 Å². The molecule has 1 spiro atoms. The highest BCUT2D eigenvalue weighted by Gasteiger charge is 2.43. The number of carbonyl (C=O) groups excluding carboxylic acids is 2. The first kappa shape index (κ1) is 24.5. The summed E-state index contributed by atoms with van der Waals surface area (Å²) in [6, 6.07) is 16.2. The molecule has 0 aliphatic carbocycles. The normalized spacial score (nSPS) is 17.0. The number of carbonyl (C=O) groups is 2. The van der Waals surface area contributed by atoms with Crippen LogP contribution in [0, 0.1) is 19.3 Å². The molecular formula is C31H35N5O2. The SMILES string of the molecule is Cc1cc(C(=O)N2CCC3(CCN(C(=O)c4cc5ccccc5n4C)CC3)C2)c(C)n1Cc1ccncc1. The first-order valence-corrected chi connectivity index (χ1v) is 13.5. The number of aryl methyl sites for hydroxylation is 2. The van der Waals surface area contributed by atoms with Crippen LogP contribution in [0.15, 0.2) is 60.9 Å². The fraction of sp³-hybridized carbons (Fsp3) is 0.387. The molecule has 1 aromatic carbocycles. The van der Waals surface area contributed by atoms with E-state index in [1.165, 1.54) is 5.56 Å². The Bertz CT molecular complexity index is 1510. The standard InChI is InChI=1S/C31H35N5O2/c1-22-18-26(23(2)36(22)20-24-8-13-32-14-9-24)29(37)35-17-12-31(21-35)10-15-34(16-11-31)30(38)28-19-25-6-4-5-7-27(25)33(28)3/h4-9,13-14,18-19H,10-12,15-17,20-21H2,1-3H3. The summed E-state index contributed by atoms with van der Waals surface area (Å²) in [5, 5.41) is 1.09. The lowest BCUT2D eigenvalue weighted by atomic mass is 9.77. The Morgan fingerprint density at radius 3 is 2.29 bits per heavy atom. The van der Waals surface area contributed by atoms with Crippen LogP contribution in [-0.4, -0.2) is 61.9 Å². The second-order valence-electron chi connectivity index (χ2n) is 11.1. The molecule has 38 heavy (non-hydrogen) atoms. The highest BCUT2D eigenvalue weighted by Crippen LogP contribution is 2.41. The minimum atomic E-state index is 0.103. The minimum absolute atomic E-state index is 0.103. The molecule has 2 amide bonds. The van der Waals surface area contributed by atoms with Crippen molar-refractivity contribution in [2.24, 2.45) is 12.5 Å². The number of fused-ring (bicyclic) bond motifs is 1. The van der Waals surface area contributed by atoms with Crippen molar-refractivity contribution in [3.63, 3.8) is 0 Å². The molecule has 0 saturated carbocycles. The summed E-state index contributed by atoms with van der Waals surface area (Å²) in [5.41, 5.74) is 6.01. The number of para-hydroxylation sites is 1. The molecule has 3 aromatic heterocycles. The van der Waals surface area contributed by atoms with Gasteiger partial charge in [-0.3, -0.25) is 14.6 Å². The van der Waals surface area contributed by atoms with E-state index in [0.29, 0.717) is 0 Å². The van der Waals surface area contributed by atoms with Crippen molar-refractivity contribution in [2.75, 3.05) is 26.2 Å². The molecule has 0 unspecified atom stereocenters. The van der Waals surface area contributed by atoms with Crippen molar-refractivity contribution in [1.29, 1.82) is 0 Å². The molecule has 7 heteroatoms. The van der Waals surface area contributed by atoms with Crippen LogP contribution in [0.4, 0.5) is 0 Å². The summed E-state index contributed by atoms with van der Waals surface area (Å²) in [5.74, 6) is 0.232. The quantitative estimate of drug-likeness (QED) is 0.397. The van der Waals surface area contributed by atoms with E-state index in [0.717, 1.165) is 85.5 Å². The number of pyridine rings is 1. The van der Waals surface area contributed by atoms with Gasteiger partial charge >= 0.3 is 0 Å². The number of rotatable bonds is 4. The van der Waals surface area contributed by atoms with Gasteiger partial charge in [0, 0.05) is 74.5 Å². The van der Waals surface area contributed by atoms with Crippen LogP contribution < -0.4 is 0 Å². The van der Waals surface area contributed by atoms with E-state index in [1.807, 2.05) is 64.7 Å². The zero-order valence-corrected chi connectivity index (χ0v) is 22.5. The van der Waals surface area contributed by atoms with Crippen molar-refractivity contribution in [2.45, 2.75) is 39.7 Å². The number of likely N-dealkylation sites (tertiary alicyclic amines) is 2. The largest absolute Gasteiger partial charge is 0.344 e. The number of hydrogen-bond acceptors (Lipinski definition) is 3. The second-order valence-corrected chi connectivity index (χ2v) is 11.1. The monoisotopic (exact) mass is 509 g/mol. The molecule has 0 N–H and O–H groups in total. The maximum Gasteiger partial charge on any atom is 0.270 e. The van der Waals surface area contributed by atoms with Gasteiger partial charge in [-0.1, -0.05) is 18.2 Å². The van der Waals surface area contributed by atoms with Crippen LogP contribution >= 0.6 is 0 Å². The van der Waals surface area contributed by atoms with Crippen LogP contribution in [0.25, 0.3) is 10.9 Å². The first-order chi connectivity index (χ1) is 18.3. The second kappa shape index (κ2) is 9.46. The van der Waals surface area contributed by atoms with Crippen LogP contribution in [0.1, 0.15) is 57.1 Å². The lowest BCUT2D eigenvalue weighted by molar-refractivity contribution is 0.0558. The molecule has 7 nitrogen and oxygen atoms in total. The molecule has 196 valence electrons. The molecule has 0 radical (unpaired) electrons. The van der Waals surface area contributed by atoms with Crippen molar-refractivity contribution in [3.8, 4) is 0 Å². The predicted octanol–water partition coefficient (Wildman–Crippen LogP) is 4.81. The highest BCUT2D eigenvalue weighted by atomic mass is 16.2. The molecule has 2 aliphatic heterocycles. The lowest BCUT2D eigenvalue weighted by Crippen LogP contribution is -2.45. The van der Waals surface area contributed by atoms with Gasteiger partial charge in [0.05, 0.1) is 5.56 Å². The molecule has 4 aromatic rings. The topological polar surface area (TPSA) is 63.4 Å². The Morgan fingerprint density at radius 1 is 0.895 bits per heavy atom. The maximum atomic E-state index is 13.6. The zero-order chi connectivity index (χ0) is 26.4. The highest BCUT2D eigenvalue weighted by molar-refractivity contribution is 5.99. The van der Waals surface area contributed by atoms with Crippen LogP contribution in [0.2, 0.25) is 0 Å². The van der Waals surface area contributed by atoms with Gasteiger partial charge in [0.25, 0.3) is 11.8 Å². The van der Waals surface area contributed by atoms with E-state index >= 15 is 0 Å². The number of nitrogens with zero attached hydrogens (tertiary/aromatic N) is 5. The molecule has 5 heterocycles. The Balaban J connectivity index is 1.12. The van der Waals surface area contributed by atoms with Gasteiger partial charge < -0.3 is 18.9 Å².